The molecule has 3 N–H and O–H groups in total. The van der Waals surface area contributed by atoms with Crippen LogP contribution in [0.3, 0.4) is 0 Å². The summed E-state index contributed by atoms with van der Waals surface area (Å²) in [5.74, 6) is 0. The fraction of sp³-hybridized carbons (Fsp3) is 0.300. The molecule has 0 radical (unpaired) electrons. The number of oxazole rings is 1. The van der Waals surface area contributed by atoms with Crippen molar-refractivity contribution >= 4 is 11.1 Å². The van der Waals surface area contributed by atoms with Crippen LogP contribution in [0.5, 0.6) is 0 Å². The minimum absolute atomic E-state index is 0.272. The Kier molecular flexibility index (Phi) is 2.47. The Morgan fingerprint density at radius 1 is 1.50 bits per heavy atom. The lowest BCUT2D eigenvalue weighted by molar-refractivity contribution is 0.183. The van der Waals surface area contributed by atoms with E-state index in [0.717, 1.165) is 16.7 Å². The number of fused-ring (bicyclic) bond motifs is 1. The van der Waals surface area contributed by atoms with Crippen molar-refractivity contribution in [3.8, 4) is 0 Å². The maximum atomic E-state index is 9.36. The maximum absolute atomic E-state index is 9.36. The Balaban J connectivity index is 2.25. The van der Waals surface area contributed by atoms with Crippen molar-refractivity contribution in [2.75, 3.05) is 6.54 Å². The summed E-state index contributed by atoms with van der Waals surface area (Å²) in [6.45, 7) is 0.272. The van der Waals surface area contributed by atoms with E-state index in [1.165, 1.54) is 6.39 Å². The van der Waals surface area contributed by atoms with Crippen molar-refractivity contribution in [3.63, 3.8) is 0 Å². The van der Waals surface area contributed by atoms with Gasteiger partial charge in [0.15, 0.2) is 12.0 Å². The molecule has 0 saturated carbocycles. The van der Waals surface area contributed by atoms with Crippen LogP contribution in [-0.2, 0) is 6.42 Å². The molecule has 0 saturated heterocycles. The highest BCUT2D eigenvalue weighted by Crippen LogP contribution is 2.15. The highest BCUT2D eigenvalue weighted by molar-refractivity contribution is 5.72. The van der Waals surface area contributed by atoms with E-state index < -0.39 is 6.10 Å². The van der Waals surface area contributed by atoms with Gasteiger partial charge in [-0.3, -0.25) is 0 Å². The Morgan fingerprint density at radius 3 is 3.14 bits per heavy atom. The smallest absolute Gasteiger partial charge is 0.181 e. The molecule has 1 atom stereocenters. The predicted molar refractivity (Wildman–Crippen MR) is 52.8 cm³/mol. The van der Waals surface area contributed by atoms with Crippen LogP contribution in [0.25, 0.3) is 11.1 Å². The molecule has 2 rings (SSSR count). The van der Waals surface area contributed by atoms with Gasteiger partial charge in [-0.2, -0.15) is 0 Å². The van der Waals surface area contributed by atoms with E-state index in [2.05, 4.69) is 4.98 Å². The minimum Gasteiger partial charge on any atom is -0.443 e. The van der Waals surface area contributed by atoms with Crippen LogP contribution in [0, 0.1) is 0 Å². The van der Waals surface area contributed by atoms with Gasteiger partial charge in [0.25, 0.3) is 0 Å². The first-order valence-electron chi connectivity index (χ1n) is 4.50. The normalized spacial score (nSPS) is 13.3. The zero-order chi connectivity index (χ0) is 9.97. The van der Waals surface area contributed by atoms with E-state index in [4.69, 9.17) is 10.2 Å². The summed E-state index contributed by atoms with van der Waals surface area (Å²) in [4.78, 5) is 4.01. The molecule has 14 heavy (non-hydrogen) atoms. The third kappa shape index (κ3) is 1.76. The Bertz CT molecular complexity index is 425. The summed E-state index contributed by atoms with van der Waals surface area (Å²) in [7, 11) is 0. The molecule has 1 heterocycles. The summed E-state index contributed by atoms with van der Waals surface area (Å²) < 4.78 is 5.15. The number of aromatic nitrogens is 1. The first-order valence-corrected chi connectivity index (χ1v) is 4.50. The molecular formula is C10H12N2O2. The maximum Gasteiger partial charge on any atom is 0.181 e. The van der Waals surface area contributed by atoms with Crippen molar-refractivity contribution < 1.29 is 9.52 Å². The van der Waals surface area contributed by atoms with Crippen molar-refractivity contribution in [1.29, 1.82) is 0 Å². The first-order chi connectivity index (χ1) is 6.79. The summed E-state index contributed by atoms with van der Waals surface area (Å²) in [5, 5.41) is 9.36. The van der Waals surface area contributed by atoms with Gasteiger partial charge in [-0.15, -0.1) is 0 Å². The van der Waals surface area contributed by atoms with Crippen LogP contribution in [0.15, 0.2) is 29.0 Å². The van der Waals surface area contributed by atoms with Gasteiger partial charge in [0, 0.05) is 6.54 Å². The lowest BCUT2D eigenvalue weighted by Gasteiger charge is -2.06. The number of nitrogens with two attached hydrogens (primary N) is 1. The molecule has 2 aromatic rings. The molecule has 0 aliphatic heterocycles. The van der Waals surface area contributed by atoms with Crippen LogP contribution in [-0.4, -0.2) is 22.7 Å². The number of benzene rings is 1. The molecule has 0 aliphatic carbocycles. The van der Waals surface area contributed by atoms with E-state index in [0.29, 0.717) is 6.42 Å². The van der Waals surface area contributed by atoms with Crippen LogP contribution >= 0.6 is 0 Å². The van der Waals surface area contributed by atoms with Crippen LogP contribution < -0.4 is 5.73 Å². The van der Waals surface area contributed by atoms with Crippen molar-refractivity contribution in [2.45, 2.75) is 12.5 Å². The predicted octanol–water partition coefficient (Wildman–Crippen LogP) is 0.690. The van der Waals surface area contributed by atoms with Crippen LogP contribution in [0.2, 0.25) is 0 Å². The summed E-state index contributed by atoms with van der Waals surface area (Å²) >= 11 is 0. The first kappa shape index (κ1) is 9.18. The molecule has 4 heteroatoms. The van der Waals surface area contributed by atoms with E-state index in [1.54, 1.807) is 0 Å². The van der Waals surface area contributed by atoms with Crippen LogP contribution in [0.1, 0.15) is 5.56 Å². The van der Waals surface area contributed by atoms with Crippen LogP contribution in [0.4, 0.5) is 0 Å². The Labute approximate surface area is 81.4 Å². The van der Waals surface area contributed by atoms with Crippen molar-refractivity contribution in [3.05, 3.63) is 30.2 Å². The van der Waals surface area contributed by atoms with E-state index >= 15 is 0 Å². The zero-order valence-corrected chi connectivity index (χ0v) is 7.68. The molecule has 0 amide bonds. The van der Waals surface area contributed by atoms with Gasteiger partial charge in [0.1, 0.15) is 5.52 Å². The number of hydrogen-bond donors (Lipinski definition) is 2. The molecule has 0 spiro atoms. The molecular weight excluding hydrogens is 180 g/mol. The lowest BCUT2D eigenvalue weighted by atomic mass is 10.1. The van der Waals surface area contributed by atoms with Gasteiger partial charge < -0.3 is 15.3 Å². The second-order valence-electron chi connectivity index (χ2n) is 3.25. The highest BCUT2D eigenvalue weighted by atomic mass is 16.3. The SMILES string of the molecule is NCC(O)Cc1ccc2ncoc2c1. The Morgan fingerprint density at radius 2 is 2.36 bits per heavy atom. The number of aliphatic hydroxyl groups excluding tert-OH is 1. The van der Waals surface area contributed by atoms with Gasteiger partial charge in [0.05, 0.1) is 6.10 Å². The monoisotopic (exact) mass is 192 g/mol. The zero-order valence-electron chi connectivity index (χ0n) is 7.68. The van der Waals surface area contributed by atoms with Crippen molar-refractivity contribution in [1.82, 2.24) is 4.98 Å². The van der Waals surface area contributed by atoms with Gasteiger partial charge >= 0.3 is 0 Å². The molecule has 0 bridgehead atoms. The Hall–Kier alpha value is -1.39. The molecule has 1 aromatic carbocycles. The largest absolute Gasteiger partial charge is 0.443 e. The molecule has 1 aromatic heterocycles. The average Bonchev–Trinajstić information content (AvgIpc) is 2.64. The van der Waals surface area contributed by atoms with E-state index in [-0.39, 0.29) is 6.54 Å². The number of hydrogen-bond acceptors (Lipinski definition) is 4. The number of aliphatic hydroxyl groups is 1. The molecule has 0 fully saturated rings. The fourth-order valence-corrected chi connectivity index (χ4v) is 1.38. The third-order valence-corrected chi connectivity index (χ3v) is 2.14. The summed E-state index contributed by atoms with van der Waals surface area (Å²) in [5.41, 5.74) is 7.91. The van der Waals surface area contributed by atoms with Gasteiger partial charge in [-0.1, -0.05) is 6.07 Å². The quantitative estimate of drug-likeness (QED) is 0.750. The topological polar surface area (TPSA) is 72.3 Å². The van der Waals surface area contributed by atoms with Gasteiger partial charge in [-0.25, -0.2) is 4.98 Å². The fourth-order valence-electron chi connectivity index (χ4n) is 1.38. The van der Waals surface area contributed by atoms with Gasteiger partial charge in [-0.05, 0) is 24.1 Å². The number of rotatable bonds is 3. The van der Waals surface area contributed by atoms with Gasteiger partial charge in [0.2, 0.25) is 0 Å². The van der Waals surface area contributed by atoms with E-state index in [9.17, 15) is 5.11 Å². The summed E-state index contributed by atoms with van der Waals surface area (Å²) in [6, 6.07) is 5.67. The second-order valence-corrected chi connectivity index (χ2v) is 3.25. The summed E-state index contributed by atoms with van der Waals surface area (Å²) in [6.07, 6.45) is 1.47. The van der Waals surface area contributed by atoms with Crippen molar-refractivity contribution in [2.24, 2.45) is 5.73 Å². The standard InChI is InChI=1S/C10H12N2O2/c11-5-8(13)3-7-1-2-9-10(4-7)14-6-12-9/h1-2,4,6,8,13H,3,5,11H2. The second kappa shape index (κ2) is 3.77. The molecule has 4 nitrogen and oxygen atoms in total. The molecule has 0 aliphatic rings. The van der Waals surface area contributed by atoms with E-state index in [1.807, 2.05) is 18.2 Å². The average molecular weight is 192 g/mol. The number of nitrogens with zero attached hydrogens (tertiary/aromatic N) is 1. The highest BCUT2D eigenvalue weighted by Gasteiger charge is 2.05. The third-order valence-electron chi connectivity index (χ3n) is 2.14. The molecule has 1 unspecified atom stereocenters. The molecule has 74 valence electrons. The minimum atomic E-state index is -0.490. The lowest BCUT2D eigenvalue weighted by Crippen LogP contribution is -2.21.